The molecule has 0 spiro atoms. The topological polar surface area (TPSA) is 93.6 Å². The molecule has 0 unspecified atom stereocenters. The van der Waals surface area contributed by atoms with Crippen LogP contribution in [0.5, 0.6) is 0 Å². The molecule has 1 saturated heterocycles. The van der Waals surface area contributed by atoms with Gasteiger partial charge in [-0.25, -0.2) is 0 Å². The number of thioether (sulfide) groups is 1. The molecule has 2 heterocycles. The molecule has 2 N–H and O–H groups in total. The molecule has 7 nitrogen and oxygen atoms in total. The van der Waals surface area contributed by atoms with Gasteiger partial charge in [0.2, 0.25) is 5.91 Å². The highest BCUT2D eigenvalue weighted by Gasteiger charge is 2.38. The van der Waals surface area contributed by atoms with E-state index >= 15 is 0 Å². The average Bonchev–Trinajstić information content (AvgIpc) is 3.40. The van der Waals surface area contributed by atoms with E-state index < -0.39 is 6.29 Å². The smallest absolute Gasteiger partial charge is 0.217 e. The first-order chi connectivity index (χ1) is 19.4. The van der Waals surface area contributed by atoms with Crippen molar-refractivity contribution in [3.63, 3.8) is 0 Å². The number of amides is 1. The Balaban J connectivity index is 1.39. The molecule has 40 heavy (non-hydrogen) atoms. The van der Waals surface area contributed by atoms with Crippen molar-refractivity contribution in [2.24, 2.45) is 5.92 Å². The summed E-state index contributed by atoms with van der Waals surface area (Å²) in [5.41, 5.74) is 6.05. The maximum Gasteiger partial charge on any atom is 0.217 e. The number of benzene rings is 3. The summed E-state index contributed by atoms with van der Waals surface area (Å²) in [6.45, 7) is 6.13. The van der Waals surface area contributed by atoms with E-state index in [1.807, 2.05) is 49.4 Å². The number of carbonyl (C=O) groups is 1. The highest BCUT2D eigenvalue weighted by molar-refractivity contribution is 8.01. The van der Waals surface area contributed by atoms with Crippen LogP contribution in [0.3, 0.4) is 0 Å². The monoisotopic (exact) mass is 575 g/mol. The molecule has 4 atom stereocenters. The van der Waals surface area contributed by atoms with E-state index in [2.05, 4.69) is 52.8 Å². The lowest BCUT2D eigenvalue weighted by Gasteiger charge is -2.41. The zero-order valence-corrected chi connectivity index (χ0v) is 24.4. The van der Waals surface area contributed by atoms with Gasteiger partial charge in [0.15, 0.2) is 10.6 Å². The van der Waals surface area contributed by atoms with Crippen molar-refractivity contribution in [3.05, 3.63) is 100 Å². The maximum atomic E-state index is 11.5. The number of aryl methyl sites for hydroxylation is 1. The molecule has 1 fully saturated rings. The SMILES string of the molecule is CC(=O)NCc1ccccc1-c1ccc([C@@H]2O[C@H](CSc3nnc(C)s3)[C@H](C)[C@H](c3ccc(CO)cc3)O2)cc1. The number of aliphatic hydroxyl groups excluding tert-OH is 1. The van der Waals surface area contributed by atoms with Crippen molar-refractivity contribution in [3.8, 4) is 11.1 Å². The zero-order valence-electron chi connectivity index (χ0n) is 22.7. The third-order valence-electron chi connectivity index (χ3n) is 7.04. The molecule has 0 radical (unpaired) electrons. The molecule has 1 aromatic heterocycles. The van der Waals surface area contributed by atoms with E-state index in [4.69, 9.17) is 9.47 Å². The molecule has 208 valence electrons. The predicted octanol–water partition coefficient (Wildman–Crippen LogP) is 6.23. The lowest BCUT2D eigenvalue weighted by Crippen LogP contribution is -2.38. The minimum atomic E-state index is -0.538. The van der Waals surface area contributed by atoms with Crippen LogP contribution in [-0.4, -0.2) is 33.1 Å². The van der Waals surface area contributed by atoms with Crippen molar-refractivity contribution in [2.75, 3.05) is 5.75 Å². The molecule has 1 amide bonds. The Morgan fingerprint density at radius 1 is 1.00 bits per heavy atom. The van der Waals surface area contributed by atoms with Crippen LogP contribution in [0.25, 0.3) is 11.1 Å². The first-order valence-electron chi connectivity index (χ1n) is 13.3. The highest BCUT2D eigenvalue weighted by Crippen LogP contribution is 2.43. The van der Waals surface area contributed by atoms with Gasteiger partial charge in [0.25, 0.3) is 0 Å². The van der Waals surface area contributed by atoms with Crippen molar-refractivity contribution in [1.82, 2.24) is 15.5 Å². The van der Waals surface area contributed by atoms with Crippen LogP contribution in [0.1, 0.15) is 53.5 Å². The summed E-state index contributed by atoms with van der Waals surface area (Å²) < 4.78 is 14.1. The van der Waals surface area contributed by atoms with Gasteiger partial charge in [0.05, 0.1) is 18.8 Å². The van der Waals surface area contributed by atoms with E-state index in [1.165, 1.54) is 6.92 Å². The van der Waals surface area contributed by atoms with E-state index in [0.717, 1.165) is 48.5 Å². The molecule has 3 aromatic carbocycles. The van der Waals surface area contributed by atoms with Gasteiger partial charge < -0.3 is 19.9 Å². The van der Waals surface area contributed by atoms with Gasteiger partial charge in [0.1, 0.15) is 5.01 Å². The Morgan fingerprint density at radius 3 is 2.40 bits per heavy atom. The number of aliphatic hydroxyl groups is 1. The Labute approximate surface area is 243 Å². The third-order valence-corrected chi connectivity index (χ3v) is 9.10. The summed E-state index contributed by atoms with van der Waals surface area (Å²) in [7, 11) is 0. The summed E-state index contributed by atoms with van der Waals surface area (Å²) in [5, 5.41) is 21.7. The van der Waals surface area contributed by atoms with Crippen LogP contribution in [0.2, 0.25) is 0 Å². The van der Waals surface area contributed by atoms with Gasteiger partial charge >= 0.3 is 0 Å². The van der Waals surface area contributed by atoms with Gasteiger partial charge in [-0.15, -0.1) is 10.2 Å². The van der Waals surface area contributed by atoms with E-state index in [-0.39, 0.29) is 30.6 Å². The molecular weight excluding hydrogens is 542 g/mol. The minimum Gasteiger partial charge on any atom is -0.392 e. The molecule has 5 rings (SSSR count). The summed E-state index contributed by atoms with van der Waals surface area (Å²) >= 11 is 3.25. The molecule has 0 aliphatic carbocycles. The van der Waals surface area contributed by atoms with Crippen LogP contribution in [0, 0.1) is 12.8 Å². The predicted molar refractivity (Wildman–Crippen MR) is 158 cm³/mol. The maximum absolute atomic E-state index is 11.5. The second kappa shape index (κ2) is 13.1. The average molecular weight is 576 g/mol. The Kier molecular flexibility index (Phi) is 9.29. The fourth-order valence-corrected chi connectivity index (χ4v) is 6.80. The molecule has 9 heteroatoms. The number of hydrogen-bond donors (Lipinski definition) is 2. The van der Waals surface area contributed by atoms with Gasteiger partial charge in [-0.2, -0.15) is 0 Å². The second-order valence-electron chi connectivity index (χ2n) is 9.91. The third kappa shape index (κ3) is 6.79. The fraction of sp³-hybridized carbons (Fsp3) is 0.323. The van der Waals surface area contributed by atoms with Gasteiger partial charge in [-0.3, -0.25) is 4.79 Å². The van der Waals surface area contributed by atoms with E-state index in [0.29, 0.717) is 6.54 Å². The Hall–Kier alpha value is -3.08. The van der Waals surface area contributed by atoms with Crippen molar-refractivity contribution in [2.45, 2.75) is 56.8 Å². The summed E-state index contributed by atoms with van der Waals surface area (Å²) in [4.78, 5) is 11.5. The second-order valence-corrected chi connectivity index (χ2v) is 12.4. The van der Waals surface area contributed by atoms with Gasteiger partial charge in [-0.1, -0.05) is 103 Å². The zero-order chi connectivity index (χ0) is 28.1. The van der Waals surface area contributed by atoms with Crippen LogP contribution >= 0.6 is 23.1 Å². The van der Waals surface area contributed by atoms with E-state index in [1.54, 1.807) is 23.1 Å². The highest BCUT2D eigenvalue weighted by atomic mass is 32.2. The molecular formula is C31H33N3O4S2. The van der Waals surface area contributed by atoms with Crippen LogP contribution < -0.4 is 5.32 Å². The minimum absolute atomic E-state index is 0.00785. The standard InChI is InChI=1S/C31H33N3O4S2/c1-19-28(18-39-31-34-33-21(3)40-31)37-30(38-29(19)24-10-8-22(17-35)9-11-24)25-14-12-23(13-15-25)27-7-5-4-6-26(27)16-32-20(2)36/h4-15,19,28-30,35H,16-18H2,1-3H3,(H,32,36)/t19-,28+,29+,30+/m0/s1. The number of nitrogens with one attached hydrogen (secondary N) is 1. The molecule has 0 bridgehead atoms. The normalized spacial score (nSPS) is 20.8. The van der Waals surface area contributed by atoms with Crippen molar-refractivity contribution < 1.29 is 19.4 Å². The molecule has 1 aliphatic heterocycles. The van der Waals surface area contributed by atoms with Crippen LogP contribution in [-0.2, 0) is 27.4 Å². The van der Waals surface area contributed by atoms with Crippen LogP contribution in [0.4, 0.5) is 0 Å². The quantitative estimate of drug-likeness (QED) is 0.229. The van der Waals surface area contributed by atoms with Gasteiger partial charge in [-0.05, 0) is 34.7 Å². The molecule has 0 saturated carbocycles. The molecule has 1 aliphatic rings. The molecule has 4 aromatic rings. The van der Waals surface area contributed by atoms with Crippen molar-refractivity contribution >= 4 is 29.0 Å². The van der Waals surface area contributed by atoms with E-state index in [9.17, 15) is 9.90 Å². The lowest BCUT2D eigenvalue weighted by atomic mass is 9.91. The number of carbonyl (C=O) groups excluding carboxylic acids is 1. The Bertz CT molecular complexity index is 1430. The number of nitrogens with zero attached hydrogens (tertiary/aromatic N) is 2. The number of hydrogen-bond acceptors (Lipinski definition) is 8. The van der Waals surface area contributed by atoms with Gasteiger partial charge in [0, 0.05) is 30.7 Å². The lowest BCUT2D eigenvalue weighted by molar-refractivity contribution is -0.268. The first-order valence-corrected chi connectivity index (χ1v) is 15.1. The first kappa shape index (κ1) is 28.4. The largest absolute Gasteiger partial charge is 0.392 e. The fourth-order valence-electron chi connectivity index (χ4n) is 4.80. The van der Waals surface area contributed by atoms with Crippen LogP contribution in [0.15, 0.2) is 77.1 Å². The number of ether oxygens (including phenoxy) is 2. The summed E-state index contributed by atoms with van der Waals surface area (Å²) in [5.74, 6) is 0.772. The number of aromatic nitrogens is 2. The summed E-state index contributed by atoms with van der Waals surface area (Å²) in [6, 6.07) is 24.3. The summed E-state index contributed by atoms with van der Waals surface area (Å²) in [6.07, 6.45) is -0.788. The number of rotatable bonds is 9. The Morgan fingerprint density at radius 2 is 1.73 bits per heavy atom. The van der Waals surface area contributed by atoms with Crippen molar-refractivity contribution in [1.29, 1.82) is 0 Å².